The third-order valence-electron chi connectivity index (χ3n) is 3.83. The highest BCUT2D eigenvalue weighted by atomic mass is 16.5. The van der Waals surface area contributed by atoms with Gasteiger partial charge in [0.15, 0.2) is 5.78 Å². The molecule has 0 bridgehead atoms. The second-order valence-electron chi connectivity index (χ2n) is 5.19. The lowest BCUT2D eigenvalue weighted by molar-refractivity contribution is 0.0850. The average molecular weight is 275 g/mol. The summed E-state index contributed by atoms with van der Waals surface area (Å²) in [5, 5.41) is 1.06. The van der Waals surface area contributed by atoms with Crippen LogP contribution in [0.5, 0.6) is 5.75 Å². The zero-order valence-corrected chi connectivity index (χ0v) is 11.3. The molecule has 102 valence electrons. The van der Waals surface area contributed by atoms with E-state index in [1.807, 2.05) is 54.6 Å². The first kappa shape index (κ1) is 12.1. The SMILES string of the molecule is O=C1CC(c2ccc3ncccc3c2)Oc2ccccc21. The van der Waals surface area contributed by atoms with Gasteiger partial charge in [0.2, 0.25) is 0 Å². The normalized spacial score (nSPS) is 17.3. The van der Waals surface area contributed by atoms with E-state index in [4.69, 9.17) is 4.74 Å². The Balaban J connectivity index is 1.75. The molecule has 21 heavy (non-hydrogen) atoms. The molecule has 0 saturated heterocycles. The molecule has 0 aliphatic carbocycles. The minimum atomic E-state index is -0.225. The lowest BCUT2D eigenvalue weighted by Crippen LogP contribution is -2.20. The number of ketones is 1. The van der Waals surface area contributed by atoms with Crippen molar-refractivity contribution < 1.29 is 9.53 Å². The molecular formula is C18H13NO2. The van der Waals surface area contributed by atoms with E-state index in [-0.39, 0.29) is 11.9 Å². The monoisotopic (exact) mass is 275 g/mol. The second-order valence-corrected chi connectivity index (χ2v) is 5.19. The van der Waals surface area contributed by atoms with E-state index in [2.05, 4.69) is 4.98 Å². The fraction of sp³-hybridized carbons (Fsp3) is 0.111. The number of pyridine rings is 1. The average Bonchev–Trinajstić information content (AvgIpc) is 2.54. The molecule has 1 aromatic heterocycles. The predicted molar refractivity (Wildman–Crippen MR) is 80.5 cm³/mol. The highest BCUT2D eigenvalue weighted by Gasteiger charge is 2.27. The zero-order valence-electron chi connectivity index (χ0n) is 11.3. The van der Waals surface area contributed by atoms with Gasteiger partial charge >= 0.3 is 0 Å². The summed E-state index contributed by atoms with van der Waals surface area (Å²) in [4.78, 5) is 16.6. The summed E-state index contributed by atoms with van der Waals surface area (Å²) in [6.07, 6.45) is 1.93. The molecule has 0 N–H and O–H groups in total. The molecule has 3 heteroatoms. The first-order valence-electron chi connectivity index (χ1n) is 6.95. The summed E-state index contributed by atoms with van der Waals surface area (Å²) in [6.45, 7) is 0. The highest BCUT2D eigenvalue weighted by molar-refractivity contribution is 6.00. The summed E-state index contributed by atoms with van der Waals surface area (Å²) in [6, 6.07) is 17.4. The minimum absolute atomic E-state index is 0.133. The van der Waals surface area contributed by atoms with Crippen LogP contribution in [0.2, 0.25) is 0 Å². The van der Waals surface area contributed by atoms with E-state index < -0.39 is 0 Å². The van der Waals surface area contributed by atoms with Crippen LogP contribution in [0.15, 0.2) is 60.8 Å². The van der Waals surface area contributed by atoms with Crippen LogP contribution in [-0.4, -0.2) is 10.8 Å². The first-order valence-corrected chi connectivity index (χ1v) is 6.95. The van der Waals surface area contributed by atoms with Crippen molar-refractivity contribution in [2.24, 2.45) is 0 Å². The van der Waals surface area contributed by atoms with Gasteiger partial charge < -0.3 is 4.74 Å². The highest BCUT2D eigenvalue weighted by Crippen LogP contribution is 2.35. The van der Waals surface area contributed by atoms with Gasteiger partial charge in [-0.3, -0.25) is 9.78 Å². The maximum atomic E-state index is 12.2. The van der Waals surface area contributed by atoms with Gasteiger partial charge in [0.05, 0.1) is 17.5 Å². The molecule has 0 saturated carbocycles. The Morgan fingerprint density at radius 2 is 1.95 bits per heavy atom. The summed E-state index contributed by atoms with van der Waals surface area (Å²) in [7, 11) is 0. The van der Waals surface area contributed by atoms with Gasteiger partial charge in [0, 0.05) is 11.6 Å². The number of para-hydroxylation sites is 1. The Hall–Kier alpha value is -2.68. The summed E-state index contributed by atoms with van der Waals surface area (Å²) in [5.74, 6) is 0.804. The van der Waals surface area contributed by atoms with Crippen molar-refractivity contribution in [1.82, 2.24) is 4.98 Å². The van der Waals surface area contributed by atoms with Crippen LogP contribution in [0.1, 0.15) is 28.4 Å². The standard InChI is InChI=1S/C18H13NO2/c20-16-11-18(21-17-6-2-1-5-14(16)17)13-7-8-15-12(10-13)4-3-9-19-15/h1-10,18H,11H2. The molecule has 1 aliphatic rings. The van der Waals surface area contributed by atoms with Gasteiger partial charge in [0.25, 0.3) is 0 Å². The summed E-state index contributed by atoms with van der Waals surface area (Å²) >= 11 is 0. The van der Waals surface area contributed by atoms with Crippen LogP contribution in [0.3, 0.4) is 0 Å². The number of nitrogens with zero attached hydrogens (tertiary/aromatic N) is 1. The van der Waals surface area contributed by atoms with Crippen LogP contribution < -0.4 is 4.74 Å². The summed E-state index contributed by atoms with van der Waals surface area (Å²) < 4.78 is 6.00. The van der Waals surface area contributed by atoms with E-state index in [0.717, 1.165) is 16.5 Å². The lowest BCUT2D eigenvalue weighted by atomic mass is 9.95. The Labute approximate surface area is 122 Å². The molecule has 2 heterocycles. The molecule has 1 aliphatic heterocycles. The fourth-order valence-corrected chi connectivity index (χ4v) is 2.75. The van der Waals surface area contributed by atoms with E-state index in [0.29, 0.717) is 17.7 Å². The third-order valence-corrected chi connectivity index (χ3v) is 3.83. The molecular weight excluding hydrogens is 262 g/mol. The minimum Gasteiger partial charge on any atom is -0.484 e. The summed E-state index contributed by atoms with van der Waals surface area (Å²) in [5.41, 5.74) is 2.64. The second kappa shape index (κ2) is 4.70. The molecule has 0 radical (unpaired) electrons. The number of rotatable bonds is 1. The van der Waals surface area contributed by atoms with Gasteiger partial charge in [-0.15, -0.1) is 0 Å². The number of benzene rings is 2. The molecule has 1 atom stereocenters. The predicted octanol–water partition coefficient (Wildman–Crippen LogP) is 3.94. The number of hydrogen-bond donors (Lipinski definition) is 0. The maximum absolute atomic E-state index is 12.2. The molecule has 3 aromatic rings. The Kier molecular flexibility index (Phi) is 2.71. The van der Waals surface area contributed by atoms with Crippen molar-refractivity contribution in [3.05, 3.63) is 71.9 Å². The molecule has 4 rings (SSSR count). The van der Waals surface area contributed by atoms with Crippen LogP contribution >= 0.6 is 0 Å². The number of aromatic nitrogens is 1. The van der Waals surface area contributed by atoms with Gasteiger partial charge in [-0.05, 0) is 35.9 Å². The van der Waals surface area contributed by atoms with Crippen molar-refractivity contribution in [1.29, 1.82) is 0 Å². The Bertz CT molecular complexity index is 841. The van der Waals surface area contributed by atoms with Gasteiger partial charge in [0.1, 0.15) is 11.9 Å². The molecule has 0 spiro atoms. The van der Waals surface area contributed by atoms with Gasteiger partial charge in [-0.2, -0.15) is 0 Å². The fourth-order valence-electron chi connectivity index (χ4n) is 2.75. The number of ether oxygens (including phenoxy) is 1. The van der Waals surface area contributed by atoms with Crippen molar-refractivity contribution in [2.45, 2.75) is 12.5 Å². The Morgan fingerprint density at radius 1 is 1.05 bits per heavy atom. The Morgan fingerprint density at radius 3 is 2.90 bits per heavy atom. The van der Waals surface area contributed by atoms with Crippen LogP contribution in [-0.2, 0) is 0 Å². The zero-order chi connectivity index (χ0) is 14.2. The smallest absolute Gasteiger partial charge is 0.170 e. The largest absolute Gasteiger partial charge is 0.484 e. The number of hydrogen-bond acceptors (Lipinski definition) is 3. The number of carbonyl (C=O) groups excluding carboxylic acids is 1. The molecule has 0 amide bonds. The van der Waals surface area contributed by atoms with Crippen molar-refractivity contribution in [3.63, 3.8) is 0 Å². The maximum Gasteiger partial charge on any atom is 0.170 e. The van der Waals surface area contributed by atoms with Crippen LogP contribution in [0, 0.1) is 0 Å². The van der Waals surface area contributed by atoms with Crippen LogP contribution in [0.4, 0.5) is 0 Å². The third kappa shape index (κ3) is 2.07. The molecule has 2 aromatic carbocycles. The van der Waals surface area contributed by atoms with E-state index in [1.165, 1.54) is 0 Å². The van der Waals surface area contributed by atoms with Gasteiger partial charge in [-0.1, -0.05) is 24.3 Å². The molecule has 3 nitrogen and oxygen atoms in total. The van der Waals surface area contributed by atoms with Crippen molar-refractivity contribution in [3.8, 4) is 5.75 Å². The first-order chi connectivity index (χ1) is 10.3. The lowest BCUT2D eigenvalue weighted by Gasteiger charge is -2.25. The topological polar surface area (TPSA) is 39.2 Å². The molecule has 1 unspecified atom stereocenters. The number of fused-ring (bicyclic) bond motifs is 2. The van der Waals surface area contributed by atoms with Crippen molar-refractivity contribution in [2.75, 3.05) is 0 Å². The van der Waals surface area contributed by atoms with Crippen molar-refractivity contribution >= 4 is 16.7 Å². The van der Waals surface area contributed by atoms with E-state index in [9.17, 15) is 4.79 Å². The number of carbonyl (C=O) groups is 1. The van der Waals surface area contributed by atoms with Gasteiger partial charge in [-0.25, -0.2) is 0 Å². The van der Waals surface area contributed by atoms with E-state index in [1.54, 1.807) is 6.20 Å². The van der Waals surface area contributed by atoms with E-state index >= 15 is 0 Å². The number of Topliss-reactive ketones (excluding diaryl/α,β-unsaturated/α-hetero) is 1. The van der Waals surface area contributed by atoms with Crippen LogP contribution in [0.25, 0.3) is 10.9 Å². The quantitative estimate of drug-likeness (QED) is 0.675. The molecule has 0 fully saturated rings.